The monoisotopic (exact) mass is 362 g/mol. The van der Waals surface area contributed by atoms with Gasteiger partial charge in [0.2, 0.25) is 5.88 Å². The molecule has 0 aliphatic carbocycles. The normalized spacial score (nSPS) is 10.8. The molecule has 0 bridgehead atoms. The van der Waals surface area contributed by atoms with Crippen LogP contribution in [-0.4, -0.2) is 24.7 Å². The fourth-order valence-electron chi connectivity index (χ4n) is 2.62. The number of hydrogen-bond donors (Lipinski definition) is 2. The zero-order valence-electron chi connectivity index (χ0n) is 13.8. The molecule has 8 heteroatoms. The fraction of sp³-hybridized carbons (Fsp3) is 0.111. The van der Waals surface area contributed by atoms with Crippen LogP contribution in [0.4, 0.5) is 5.82 Å². The predicted octanol–water partition coefficient (Wildman–Crippen LogP) is 3.35. The molecule has 0 saturated carbocycles. The molecule has 0 aliphatic heterocycles. The molecule has 26 heavy (non-hydrogen) atoms. The van der Waals surface area contributed by atoms with Crippen molar-refractivity contribution in [3.8, 4) is 22.5 Å². The van der Waals surface area contributed by atoms with Crippen molar-refractivity contribution in [3.05, 3.63) is 58.7 Å². The van der Waals surface area contributed by atoms with Crippen LogP contribution in [0.1, 0.15) is 17.0 Å². The van der Waals surface area contributed by atoms with Crippen LogP contribution >= 0.6 is 11.3 Å². The molecule has 0 unspecified atom stereocenters. The Bertz CT molecular complexity index is 1130. The summed E-state index contributed by atoms with van der Waals surface area (Å²) in [5.41, 5.74) is 3.16. The average molecular weight is 362 g/mol. The minimum absolute atomic E-state index is 0.0583. The molecular formula is C18H14N6OS. The van der Waals surface area contributed by atoms with E-state index >= 15 is 0 Å². The van der Waals surface area contributed by atoms with Crippen LogP contribution in [0.5, 0.6) is 5.88 Å². The summed E-state index contributed by atoms with van der Waals surface area (Å²) in [5.74, 6) is 0.312. The first kappa shape index (κ1) is 16.1. The van der Waals surface area contributed by atoms with Gasteiger partial charge in [-0.1, -0.05) is 30.3 Å². The van der Waals surface area contributed by atoms with Gasteiger partial charge in [-0.15, -0.1) is 16.4 Å². The number of aryl methyl sites for hydroxylation is 1. The molecule has 128 valence electrons. The first-order chi connectivity index (χ1) is 12.7. The lowest BCUT2D eigenvalue weighted by Gasteiger charge is -2.00. The van der Waals surface area contributed by atoms with Gasteiger partial charge in [-0.3, -0.25) is 0 Å². The van der Waals surface area contributed by atoms with E-state index in [9.17, 15) is 10.4 Å². The van der Waals surface area contributed by atoms with E-state index in [0.717, 1.165) is 16.3 Å². The second-order valence-electron chi connectivity index (χ2n) is 5.69. The lowest BCUT2D eigenvalue weighted by Crippen LogP contribution is -2.01. The molecule has 1 aromatic carbocycles. The highest BCUT2D eigenvalue weighted by atomic mass is 32.1. The van der Waals surface area contributed by atoms with Crippen LogP contribution in [0, 0.1) is 18.3 Å². The highest BCUT2D eigenvalue weighted by Gasteiger charge is 2.17. The van der Waals surface area contributed by atoms with Gasteiger partial charge in [-0.25, -0.2) is 9.97 Å². The molecule has 0 amide bonds. The number of benzene rings is 1. The third kappa shape index (κ3) is 2.85. The molecule has 3 heterocycles. The molecule has 0 spiro atoms. The number of hydrogen-bond acceptors (Lipinski definition) is 7. The number of aromatic nitrogens is 4. The second-order valence-corrected chi connectivity index (χ2v) is 6.55. The van der Waals surface area contributed by atoms with Crippen LogP contribution < -0.4 is 5.32 Å². The van der Waals surface area contributed by atoms with E-state index in [2.05, 4.69) is 26.5 Å². The molecule has 3 aromatic heterocycles. The lowest BCUT2D eigenvalue weighted by molar-refractivity contribution is 0.435. The maximum atomic E-state index is 10.0. The molecule has 0 saturated heterocycles. The standard InChI is InChI=1S/C18H14N6OS/c1-11-7-15(25)24-17(21-11)14(8-19)16(23-24)20-9-13-10-26-18(22-13)12-5-3-2-4-6-12/h2-7,10,25H,9H2,1H3,(H,20,23). The largest absolute Gasteiger partial charge is 0.493 e. The van der Waals surface area contributed by atoms with E-state index in [1.807, 2.05) is 35.7 Å². The molecule has 4 aromatic rings. The van der Waals surface area contributed by atoms with Crippen molar-refractivity contribution < 1.29 is 5.11 Å². The minimum Gasteiger partial charge on any atom is -0.493 e. The molecule has 0 atom stereocenters. The maximum absolute atomic E-state index is 10.0. The summed E-state index contributed by atoms with van der Waals surface area (Å²) in [5, 5.41) is 29.7. The highest BCUT2D eigenvalue weighted by Crippen LogP contribution is 2.25. The highest BCUT2D eigenvalue weighted by molar-refractivity contribution is 7.13. The summed E-state index contributed by atoms with van der Waals surface area (Å²) >= 11 is 1.56. The van der Waals surface area contributed by atoms with Gasteiger partial charge in [0.25, 0.3) is 0 Å². The molecule has 7 nitrogen and oxygen atoms in total. The molecule has 4 rings (SSSR count). The van der Waals surface area contributed by atoms with E-state index in [0.29, 0.717) is 29.3 Å². The van der Waals surface area contributed by atoms with Crippen molar-refractivity contribution in [2.24, 2.45) is 0 Å². The van der Waals surface area contributed by atoms with Crippen LogP contribution in [0.3, 0.4) is 0 Å². The van der Waals surface area contributed by atoms with Crippen molar-refractivity contribution in [1.82, 2.24) is 19.6 Å². The average Bonchev–Trinajstić information content (AvgIpc) is 3.25. The number of thiazole rings is 1. The SMILES string of the molecule is Cc1cc(O)n2nc(NCc3csc(-c4ccccc4)n3)c(C#N)c2n1. The molecule has 2 N–H and O–H groups in total. The van der Waals surface area contributed by atoms with Gasteiger partial charge in [0.05, 0.1) is 12.2 Å². The van der Waals surface area contributed by atoms with Gasteiger partial charge < -0.3 is 10.4 Å². The summed E-state index contributed by atoms with van der Waals surface area (Å²) in [6.45, 7) is 2.17. The Balaban J connectivity index is 1.60. The maximum Gasteiger partial charge on any atom is 0.215 e. The van der Waals surface area contributed by atoms with E-state index in [1.54, 1.807) is 18.3 Å². The van der Waals surface area contributed by atoms with E-state index in [4.69, 9.17) is 0 Å². The van der Waals surface area contributed by atoms with Gasteiger partial charge in [0.1, 0.15) is 16.6 Å². The number of nitrogens with one attached hydrogen (secondary N) is 1. The Labute approximate surface area is 153 Å². The molecule has 0 fully saturated rings. The van der Waals surface area contributed by atoms with Crippen molar-refractivity contribution in [2.75, 3.05) is 5.32 Å². The number of anilines is 1. The Hall–Kier alpha value is -3.44. The predicted molar refractivity (Wildman–Crippen MR) is 99.0 cm³/mol. The molecular weight excluding hydrogens is 348 g/mol. The van der Waals surface area contributed by atoms with Crippen LogP contribution in [0.2, 0.25) is 0 Å². The number of rotatable bonds is 4. The van der Waals surface area contributed by atoms with Crippen molar-refractivity contribution in [3.63, 3.8) is 0 Å². The van der Waals surface area contributed by atoms with Gasteiger partial charge >= 0.3 is 0 Å². The summed E-state index contributed by atoms with van der Waals surface area (Å²) in [6.07, 6.45) is 0. The first-order valence-electron chi connectivity index (χ1n) is 7.89. The van der Waals surface area contributed by atoms with Gasteiger partial charge in [0.15, 0.2) is 11.5 Å². The number of nitrogens with zero attached hydrogens (tertiary/aromatic N) is 5. The van der Waals surface area contributed by atoms with E-state index in [1.165, 1.54) is 10.6 Å². The van der Waals surface area contributed by atoms with Crippen LogP contribution in [0.15, 0.2) is 41.8 Å². The Kier molecular flexibility index (Phi) is 3.99. The first-order valence-corrected chi connectivity index (χ1v) is 8.77. The molecule has 0 aliphatic rings. The van der Waals surface area contributed by atoms with Gasteiger partial charge in [-0.2, -0.15) is 9.78 Å². The Morgan fingerprint density at radius 2 is 2.08 bits per heavy atom. The summed E-state index contributed by atoms with van der Waals surface area (Å²) in [7, 11) is 0. The van der Waals surface area contributed by atoms with Gasteiger partial charge in [0, 0.05) is 22.7 Å². The van der Waals surface area contributed by atoms with Crippen molar-refractivity contribution >= 4 is 22.8 Å². The van der Waals surface area contributed by atoms with Crippen LogP contribution in [0.25, 0.3) is 16.2 Å². The third-order valence-electron chi connectivity index (χ3n) is 3.82. The van der Waals surface area contributed by atoms with Crippen molar-refractivity contribution in [1.29, 1.82) is 5.26 Å². The number of aromatic hydroxyl groups is 1. The van der Waals surface area contributed by atoms with E-state index < -0.39 is 0 Å². The summed E-state index contributed by atoms with van der Waals surface area (Å²) in [4.78, 5) is 8.90. The summed E-state index contributed by atoms with van der Waals surface area (Å²) < 4.78 is 1.25. The number of fused-ring (bicyclic) bond motifs is 1. The Morgan fingerprint density at radius 3 is 2.85 bits per heavy atom. The minimum atomic E-state index is -0.0583. The van der Waals surface area contributed by atoms with Crippen molar-refractivity contribution in [2.45, 2.75) is 13.5 Å². The number of nitriles is 1. The zero-order chi connectivity index (χ0) is 18.1. The topological polar surface area (TPSA) is 99.1 Å². The lowest BCUT2D eigenvalue weighted by atomic mass is 10.2. The van der Waals surface area contributed by atoms with Crippen LogP contribution in [-0.2, 0) is 6.54 Å². The van der Waals surface area contributed by atoms with E-state index in [-0.39, 0.29) is 5.88 Å². The third-order valence-corrected chi connectivity index (χ3v) is 4.76. The fourth-order valence-corrected chi connectivity index (χ4v) is 3.45. The van der Waals surface area contributed by atoms with Gasteiger partial charge in [-0.05, 0) is 6.92 Å². The molecule has 0 radical (unpaired) electrons. The smallest absolute Gasteiger partial charge is 0.215 e. The summed E-state index contributed by atoms with van der Waals surface area (Å²) in [6, 6.07) is 13.6. The quantitative estimate of drug-likeness (QED) is 0.577. The second kappa shape index (κ2) is 6.46. The zero-order valence-corrected chi connectivity index (χ0v) is 14.7. The Morgan fingerprint density at radius 1 is 1.27 bits per heavy atom.